The monoisotopic (exact) mass is 277 g/mol. The predicted octanol–water partition coefficient (Wildman–Crippen LogP) is 1.14. The lowest BCUT2D eigenvalue weighted by Gasteiger charge is -2.25. The highest BCUT2D eigenvalue weighted by Gasteiger charge is 2.19. The van der Waals surface area contributed by atoms with Gasteiger partial charge in [-0.15, -0.1) is 0 Å². The van der Waals surface area contributed by atoms with Crippen molar-refractivity contribution in [1.82, 2.24) is 5.32 Å². The second-order valence-corrected chi connectivity index (χ2v) is 4.71. The summed E-state index contributed by atoms with van der Waals surface area (Å²) in [6, 6.07) is 5.12. The van der Waals surface area contributed by atoms with Crippen LogP contribution in [0.2, 0.25) is 0 Å². The smallest absolute Gasteiger partial charge is 0.338 e. The molecule has 1 aromatic rings. The van der Waals surface area contributed by atoms with Crippen molar-refractivity contribution in [2.24, 2.45) is 0 Å². The van der Waals surface area contributed by atoms with Crippen LogP contribution < -0.4 is 16.4 Å². The Hall–Kier alpha value is -2.24. The number of hydrogen-bond donors (Lipinski definition) is 3. The Morgan fingerprint density at radius 1 is 1.55 bits per heavy atom. The summed E-state index contributed by atoms with van der Waals surface area (Å²) in [4.78, 5) is 22.8. The summed E-state index contributed by atoms with van der Waals surface area (Å²) < 4.78 is 4.96. The summed E-state index contributed by atoms with van der Waals surface area (Å²) >= 11 is 0. The Balaban J connectivity index is 2.08. The molecule has 1 aliphatic heterocycles. The van der Waals surface area contributed by atoms with Crippen LogP contribution >= 0.6 is 0 Å². The van der Waals surface area contributed by atoms with Crippen molar-refractivity contribution in [2.45, 2.75) is 25.8 Å². The van der Waals surface area contributed by atoms with Crippen LogP contribution in [0.25, 0.3) is 0 Å². The molecule has 0 spiro atoms. The second kappa shape index (κ2) is 6.27. The zero-order valence-electron chi connectivity index (χ0n) is 11.4. The third kappa shape index (κ3) is 3.40. The summed E-state index contributed by atoms with van der Waals surface area (Å²) in [5.41, 5.74) is 7.62. The third-order valence-electron chi connectivity index (χ3n) is 3.19. The lowest BCUT2D eigenvalue weighted by Crippen LogP contribution is -2.42. The van der Waals surface area contributed by atoms with Gasteiger partial charge in [0, 0.05) is 19.0 Å². The van der Waals surface area contributed by atoms with Crippen molar-refractivity contribution in [1.29, 1.82) is 0 Å². The molecule has 1 unspecified atom stereocenters. The van der Waals surface area contributed by atoms with Crippen LogP contribution in [0.3, 0.4) is 0 Å². The number of hydrogen-bond acceptors (Lipinski definition) is 5. The molecule has 4 N–H and O–H groups in total. The van der Waals surface area contributed by atoms with E-state index < -0.39 is 0 Å². The fraction of sp³-hybridized carbons (Fsp3) is 0.429. The minimum atomic E-state index is -0.368. The van der Waals surface area contributed by atoms with Gasteiger partial charge >= 0.3 is 5.97 Å². The number of nitrogens with two attached hydrogens (primary N) is 1. The molecule has 108 valence electrons. The van der Waals surface area contributed by atoms with Gasteiger partial charge in [0.1, 0.15) is 0 Å². The van der Waals surface area contributed by atoms with Gasteiger partial charge in [0.15, 0.2) is 0 Å². The average Bonchev–Trinajstić information content (AvgIpc) is 2.44. The van der Waals surface area contributed by atoms with Crippen molar-refractivity contribution in [2.75, 3.05) is 24.2 Å². The van der Waals surface area contributed by atoms with E-state index in [0.29, 0.717) is 36.5 Å². The SMILES string of the molecule is CCOC(=O)c1ccc(N)c(NC2CCC(=O)NC2)c1. The number of carbonyl (C=O) groups excluding carboxylic acids is 2. The van der Waals surface area contributed by atoms with Crippen LogP contribution in [0.1, 0.15) is 30.1 Å². The van der Waals surface area contributed by atoms with Gasteiger partial charge in [-0.2, -0.15) is 0 Å². The highest BCUT2D eigenvalue weighted by molar-refractivity contribution is 5.92. The third-order valence-corrected chi connectivity index (χ3v) is 3.19. The number of rotatable bonds is 4. The number of piperidine rings is 1. The molecule has 0 bridgehead atoms. The zero-order chi connectivity index (χ0) is 14.5. The van der Waals surface area contributed by atoms with Crippen LogP contribution in [0.4, 0.5) is 11.4 Å². The van der Waals surface area contributed by atoms with E-state index in [1.807, 2.05) is 0 Å². The van der Waals surface area contributed by atoms with E-state index in [1.54, 1.807) is 25.1 Å². The average molecular weight is 277 g/mol. The highest BCUT2D eigenvalue weighted by Crippen LogP contribution is 2.22. The minimum Gasteiger partial charge on any atom is -0.462 e. The molecule has 1 heterocycles. The van der Waals surface area contributed by atoms with Crippen molar-refractivity contribution in [3.05, 3.63) is 23.8 Å². The fourth-order valence-electron chi connectivity index (χ4n) is 2.10. The second-order valence-electron chi connectivity index (χ2n) is 4.71. The van der Waals surface area contributed by atoms with Gasteiger partial charge in [-0.3, -0.25) is 4.79 Å². The lowest BCUT2D eigenvalue weighted by molar-refractivity contribution is -0.122. The Morgan fingerprint density at radius 2 is 2.35 bits per heavy atom. The number of nitrogens with one attached hydrogen (secondary N) is 2. The molecule has 1 fully saturated rings. The van der Waals surface area contributed by atoms with Crippen molar-refractivity contribution >= 4 is 23.3 Å². The number of ether oxygens (including phenoxy) is 1. The van der Waals surface area contributed by atoms with Gasteiger partial charge in [-0.1, -0.05) is 0 Å². The molecule has 2 rings (SSSR count). The predicted molar refractivity (Wildman–Crippen MR) is 76.5 cm³/mol. The molecule has 0 saturated carbocycles. The maximum absolute atomic E-state index is 11.7. The topological polar surface area (TPSA) is 93.4 Å². The Morgan fingerprint density at radius 3 is 3.00 bits per heavy atom. The quantitative estimate of drug-likeness (QED) is 0.567. The molecular formula is C14H19N3O3. The number of amides is 1. The van der Waals surface area contributed by atoms with E-state index in [0.717, 1.165) is 6.42 Å². The lowest BCUT2D eigenvalue weighted by atomic mass is 10.1. The van der Waals surface area contributed by atoms with Crippen LogP contribution in [0.15, 0.2) is 18.2 Å². The van der Waals surface area contributed by atoms with Crippen LogP contribution in [0.5, 0.6) is 0 Å². The summed E-state index contributed by atoms with van der Waals surface area (Å²) in [5, 5.41) is 6.06. The number of esters is 1. The first-order valence-electron chi connectivity index (χ1n) is 6.70. The zero-order valence-corrected chi connectivity index (χ0v) is 11.4. The van der Waals surface area contributed by atoms with Gasteiger partial charge < -0.3 is 21.1 Å². The van der Waals surface area contributed by atoms with Crippen molar-refractivity contribution < 1.29 is 14.3 Å². The minimum absolute atomic E-state index is 0.0660. The van der Waals surface area contributed by atoms with Crippen molar-refractivity contribution in [3.63, 3.8) is 0 Å². The summed E-state index contributed by atoms with van der Waals surface area (Å²) in [7, 11) is 0. The van der Waals surface area contributed by atoms with Gasteiger partial charge in [0.05, 0.1) is 23.5 Å². The Kier molecular flexibility index (Phi) is 4.45. The van der Waals surface area contributed by atoms with E-state index >= 15 is 0 Å². The summed E-state index contributed by atoms with van der Waals surface area (Å²) in [6.45, 7) is 2.65. The van der Waals surface area contributed by atoms with Crippen LogP contribution in [-0.2, 0) is 9.53 Å². The molecule has 1 aliphatic rings. The van der Waals surface area contributed by atoms with E-state index in [9.17, 15) is 9.59 Å². The van der Waals surface area contributed by atoms with Gasteiger partial charge in [0.25, 0.3) is 0 Å². The van der Waals surface area contributed by atoms with E-state index in [2.05, 4.69) is 10.6 Å². The molecule has 0 aromatic heterocycles. The number of anilines is 2. The van der Waals surface area contributed by atoms with E-state index in [4.69, 9.17) is 10.5 Å². The summed E-state index contributed by atoms with van der Waals surface area (Å²) in [5.74, 6) is -0.302. The van der Waals surface area contributed by atoms with Gasteiger partial charge in [-0.05, 0) is 31.5 Å². The molecule has 6 heteroatoms. The molecule has 1 amide bonds. The van der Waals surface area contributed by atoms with Crippen molar-refractivity contribution in [3.8, 4) is 0 Å². The molecular weight excluding hydrogens is 258 g/mol. The summed E-state index contributed by atoms with van der Waals surface area (Å²) in [6.07, 6.45) is 1.24. The normalized spacial score (nSPS) is 18.2. The molecule has 0 radical (unpaired) electrons. The van der Waals surface area contributed by atoms with E-state index in [1.165, 1.54) is 0 Å². The fourth-order valence-corrected chi connectivity index (χ4v) is 2.10. The maximum Gasteiger partial charge on any atom is 0.338 e. The van der Waals surface area contributed by atoms with E-state index in [-0.39, 0.29) is 17.9 Å². The Labute approximate surface area is 117 Å². The first-order chi connectivity index (χ1) is 9.60. The number of nitrogen functional groups attached to an aromatic ring is 1. The number of carbonyl (C=O) groups is 2. The molecule has 1 aromatic carbocycles. The first-order valence-corrected chi connectivity index (χ1v) is 6.70. The molecule has 20 heavy (non-hydrogen) atoms. The maximum atomic E-state index is 11.7. The van der Waals surface area contributed by atoms with Crippen LogP contribution in [-0.4, -0.2) is 31.1 Å². The molecule has 1 saturated heterocycles. The highest BCUT2D eigenvalue weighted by atomic mass is 16.5. The van der Waals surface area contributed by atoms with Gasteiger partial charge in [0.2, 0.25) is 5.91 Å². The molecule has 1 atom stereocenters. The van der Waals surface area contributed by atoms with Crippen LogP contribution in [0, 0.1) is 0 Å². The number of benzene rings is 1. The molecule has 6 nitrogen and oxygen atoms in total. The van der Waals surface area contributed by atoms with Gasteiger partial charge in [-0.25, -0.2) is 4.79 Å². The standard InChI is InChI=1S/C14H19N3O3/c1-2-20-14(19)9-3-5-11(15)12(7-9)17-10-4-6-13(18)16-8-10/h3,5,7,10,17H,2,4,6,8,15H2,1H3,(H,16,18). The molecule has 0 aliphatic carbocycles. The largest absolute Gasteiger partial charge is 0.462 e. The Bertz CT molecular complexity index is 506. The first kappa shape index (κ1) is 14.2.